The van der Waals surface area contributed by atoms with Crippen LogP contribution in [0.3, 0.4) is 0 Å². The Morgan fingerprint density at radius 3 is 2.44 bits per heavy atom. The van der Waals surface area contributed by atoms with Crippen LogP contribution in [0, 0.1) is 17.3 Å². The van der Waals surface area contributed by atoms with Crippen LogP contribution in [-0.2, 0) is 17.9 Å². The van der Waals surface area contributed by atoms with Gasteiger partial charge in [-0.15, -0.1) is 0 Å². The largest absolute Gasteiger partial charge is 0.297 e. The molecule has 5 aliphatic rings. The first-order chi connectivity index (χ1) is 19.1. The van der Waals surface area contributed by atoms with Gasteiger partial charge in [-0.25, -0.2) is 0 Å². The lowest BCUT2D eigenvalue weighted by Crippen LogP contribution is -2.45. The highest BCUT2D eigenvalue weighted by Gasteiger charge is 2.49. The predicted octanol–water partition coefficient (Wildman–Crippen LogP) is 6.69. The Hall–Kier alpha value is -2.56. The van der Waals surface area contributed by atoms with Gasteiger partial charge in [0.05, 0.1) is 0 Å². The van der Waals surface area contributed by atoms with E-state index in [0.717, 1.165) is 57.5 Å². The molecule has 2 saturated carbocycles. The Labute approximate surface area is 234 Å². The van der Waals surface area contributed by atoms with Crippen molar-refractivity contribution in [3.8, 4) is 0 Å². The fourth-order valence-corrected chi connectivity index (χ4v) is 8.87. The van der Waals surface area contributed by atoms with Gasteiger partial charge in [0, 0.05) is 64.0 Å². The fourth-order valence-electron chi connectivity index (χ4n) is 8.87. The van der Waals surface area contributed by atoms with E-state index in [-0.39, 0.29) is 5.92 Å². The van der Waals surface area contributed by atoms with Crippen LogP contribution in [0.15, 0.2) is 71.6 Å². The molecule has 4 nitrogen and oxygen atoms in total. The smallest absolute Gasteiger partial charge is 0.156 e. The van der Waals surface area contributed by atoms with E-state index in [4.69, 9.17) is 0 Å². The third kappa shape index (κ3) is 4.95. The van der Waals surface area contributed by atoms with Gasteiger partial charge in [-0.2, -0.15) is 0 Å². The lowest BCUT2D eigenvalue weighted by atomic mass is 9.56. The Morgan fingerprint density at radius 1 is 0.923 bits per heavy atom. The molecule has 1 aromatic heterocycles. The number of rotatable bonds is 5. The summed E-state index contributed by atoms with van der Waals surface area (Å²) in [6.07, 6.45) is 15.7. The molecule has 1 aliphatic heterocycles. The van der Waals surface area contributed by atoms with Gasteiger partial charge in [-0.3, -0.25) is 19.6 Å². The molecule has 3 fully saturated rings. The van der Waals surface area contributed by atoms with E-state index in [0.29, 0.717) is 17.6 Å². The van der Waals surface area contributed by atoms with Crippen LogP contribution in [0.4, 0.5) is 0 Å². The summed E-state index contributed by atoms with van der Waals surface area (Å²) < 4.78 is 0. The molecule has 1 saturated heterocycles. The highest BCUT2D eigenvalue weighted by molar-refractivity contribution is 5.94. The molecule has 2 aromatic rings. The van der Waals surface area contributed by atoms with Crippen molar-refractivity contribution < 1.29 is 4.79 Å². The maximum atomic E-state index is 12.9. The molecule has 4 atom stereocenters. The maximum absolute atomic E-state index is 12.9. The van der Waals surface area contributed by atoms with Crippen molar-refractivity contribution in [3.63, 3.8) is 0 Å². The average Bonchev–Trinajstić information content (AvgIpc) is 3.36. The molecular formula is C35H43N3O. The summed E-state index contributed by atoms with van der Waals surface area (Å²) >= 11 is 0. The Morgan fingerprint density at radius 2 is 1.69 bits per heavy atom. The number of benzene rings is 1. The summed E-state index contributed by atoms with van der Waals surface area (Å²) in [5.74, 6) is 2.20. The van der Waals surface area contributed by atoms with Crippen molar-refractivity contribution in [2.75, 3.05) is 26.2 Å². The van der Waals surface area contributed by atoms with Gasteiger partial charge in [0.2, 0.25) is 0 Å². The summed E-state index contributed by atoms with van der Waals surface area (Å²) in [5.41, 5.74) is 9.28. The minimum atomic E-state index is 0.256. The molecule has 0 bridgehead atoms. The van der Waals surface area contributed by atoms with E-state index >= 15 is 0 Å². The van der Waals surface area contributed by atoms with Crippen LogP contribution in [0.5, 0.6) is 0 Å². The molecule has 7 rings (SSSR count). The van der Waals surface area contributed by atoms with E-state index in [1.54, 1.807) is 11.1 Å². The first-order valence-electron chi connectivity index (χ1n) is 15.4. The molecule has 0 spiro atoms. The third-order valence-corrected chi connectivity index (χ3v) is 10.9. The molecular weight excluding hydrogens is 478 g/mol. The Kier molecular flexibility index (Phi) is 6.81. The number of ketones is 1. The van der Waals surface area contributed by atoms with Gasteiger partial charge < -0.3 is 0 Å². The Balaban J connectivity index is 1.05. The number of fused-ring (bicyclic) bond motifs is 4. The van der Waals surface area contributed by atoms with Crippen LogP contribution < -0.4 is 0 Å². The van der Waals surface area contributed by atoms with E-state index in [9.17, 15) is 4.79 Å². The number of allylic oxidation sites excluding steroid dienone is 4. The van der Waals surface area contributed by atoms with E-state index in [1.807, 2.05) is 24.5 Å². The number of aromatic nitrogens is 1. The third-order valence-electron chi connectivity index (χ3n) is 10.9. The summed E-state index contributed by atoms with van der Waals surface area (Å²) in [4.78, 5) is 22.2. The summed E-state index contributed by atoms with van der Waals surface area (Å²) in [6, 6.07) is 13.5. The van der Waals surface area contributed by atoms with Gasteiger partial charge in [-0.05, 0) is 95.8 Å². The monoisotopic (exact) mass is 521 g/mol. The number of piperazine rings is 1. The van der Waals surface area contributed by atoms with Crippen molar-refractivity contribution in [1.82, 2.24) is 14.8 Å². The molecule has 2 heterocycles. The SMILES string of the molecule is C[C@@]12CCC[C@H]1[C@@H]1CCC3=CC(=O)CC(c4ccc(CN5CCN(Cc6cccnc6)CC5)cc4)C3=C1CC2. The second kappa shape index (κ2) is 10.4. The number of carbonyl (C=O) groups excluding carboxylic acids is 1. The summed E-state index contributed by atoms with van der Waals surface area (Å²) in [7, 11) is 0. The van der Waals surface area contributed by atoms with Crippen molar-refractivity contribution in [2.45, 2.75) is 77.3 Å². The highest BCUT2D eigenvalue weighted by atomic mass is 16.1. The number of hydrogen-bond acceptors (Lipinski definition) is 4. The summed E-state index contributed by atoms with van der Waals surface area (Å²) in [6.45, 7) is 8.97. The number of pyridine rings is 1. The second-order valence-electron chi connectivity index (χ2n) is 13.3. The van der Waals surface area contributed by atoms with Crippen LogP contribution in [-0.4, -0.2) is 46.7 Å². The molecule has 0 N–H and O–H groups in total. The highest BCUT2D eigenvalue weighted by Crippen LogP contribution is 2.61. The molecule has 204 valence electrons. The van der Waals surface area contributed by atoms with E-state index in [1.165, 1.54) is 60.8 Å². The predicted molar refractivity (Wildman–Crippen MR) is 156 cm³/mol. The zero-order valence-electron chi connectivity index (χ0n) is 23.6. The summed E-state index contributed by atoms with van der Waals surface area (Å²) in [5, 5.41) is 0. The van der Waals surface area contributed by atoms with Gasteiger partial charge in [0.25, 0.3) is 0 Å². The van der Waals surface area contributed by atoms with Crippen LogP contribution in [0.1, 0.15) is 80.9 Å². The lowest BCUT2D eigenvalue weighted by Gasteiger charge is -2.48. The van der Waals surface area contributed by atoms with Gasteiger partial charge >= 0.3 is 0 Å². The normalized spacial score (nSPS) is 31.5. The maximum Gasteiger partial charge on any atom is 0.156 e. The molecule has 4 heteroatoms. The number of hydrogen-bond donors (Lipinski definition) is 0. The molecule has 0 amide bonds. The van der Waals surface area contributed by atoms with Crippen LogP contribution >= 0.6 is 0 Å². The van der Waals surface area contributed by atoms with E-state index in [2.05, 4.69) is 52.0 Å². The molecule has 1 aromatic carbocycles. The first-order valence-corrected chi connectivity index (χ1v) is 15.4. The van der Waals surface area contributed by atoms with Crippen molar-refractivity contribution in [2.24, 2.45) is 17.3 Å². The van der Waals surface area contributed by atoms with E-state index < -0.39 is 0 Å². The van der Waals surface area contributed by atoms with Crippen molar-refractivity contribution >= 4 is 5.78 Å². The first kappa shape index (κ1) is 25.4. The lowest BCUT2D eigenvalue weighted by molar-refractivity contribution is -0.115. The standard InChI is InChI=1S/C35H43N3O/c1-35-13-2-5-33(35)30-11-10-28-20-29(39)21-32(34(28)31(30)12-14-35)27-8-6-25(7-9-27)23-37-16-18-38(19-17-37)24-26-4-3-15-36-22-26/h3-4,6-9,15,20,22,30,32-33H,2,5,10-14,16-19,21,23-24H2,1H3/t30-,32?,33+,35+/m1/s1. The quantitative estimate of drug-likeness (QED) is 0.439. The van der Waals surface area contributed by atoms with Crippen molar-refractivity contribution in [1.29, 1.82) is 0 Å². The Bertz CT molecular complexity index is 1270. The number of nitrogens with zero attached hydrogens (tertiary/aromatic N) is 3. The topological polar surface area (TPSA) is 36.4 Å². The van der Waals surface area contributed by atoms with Gasteiger partial charge in [-0.1, -0.05) is 49.2 Å². The van der Waals surface area contributed by atoms with Gasteiger partial charge in [0.15, 0.2) is 5.78 Å². The molecule has 1 unspecified atom stereocenters. The zero-order valence-corrected chi connectivity index (χ0v) is 23.6. The zero-order chi connectivity index (χ0) is 26.4. The van der Waals surface area contributed by atoms with Gasteiger partial charge in [0.1, 0.15) is 0 Å². The average molecular weight is 522 g/mol. The number of carbonyl (C=O) groups is 1. The minimum absolute atomic E-state index is 0.256. The molecule has 0 radical (unpaired) electrons. The van der Waals surface area contributed by atoms with Crippen LogP contribution in [0.25, 0.3) is 0 Å². The fraction of sp³-hybridized carbons (Fsp3) is 0.543. The van der Waals surface area contributed by atoms with Crippen LogP contribution in [0.2, 0.25) is 0 Å². The molecule has 39 heavy (non-hydrogen) atoms. The minimum Gasteiger partial charge on any atom is -0.297 e. The second-order valence-corrected chi connectivity index (χ2v) is 13.3. The molecule has 4 aliphatic carbocycles. The van der Waals surface area contributed by atoms with Crippen molar-refractivity contribution in [3.05, 3.63) is 88.3 Å².